The standard InChI is InChI=1S/C16H13Cl2N5O/c1-10(23-15-5-3-2-4-14(15)20-22-23)16(24)21-19-9-11-6-7-12(17)8-13(11)18/h2-10H,1H3,(H,21,24). The van der Waals surface area contributed by atoms with E-state index in [4.69, 9.17) is 23.2 Å². The van der Waals surface area contributed by atoms with Gasteiger partial charge in [0.25, 0.3) is 5.91 Å². The molecule has 0 spiro atoms. The molecule has 0 saturated heterocycles. The lowest BCUT2D eigenvalue weighted by Gasteiger charge is -2.10. The van der Waals surface area contributed by atoms with Crippen LogP contribution in [0.5, 0.6) is 0 Å². The average molecular weight is 362 g/mol. The highest BCUT2D eigenvalue weighted by Crippen LogP contribution is 2.19. The summed E-state index contributed by atoms with van der Waals surface area (Å²) in [5, 5.41) is 13.0. The fourth-order valence-corrected chi connectivity index (χ4v) is 2.61. The zero-order valence-electron chi connectivity index (χ0n) is 12.6. The van der Waals surface area contributed by atoms with Crippen molar-refractivity contribution in [3.05, 3.63) is 58.1 Å². The molecule has 0 saturated carbocycles. The number of hydrogen-bond acceptors (Lipinski definition) is 4. The molecule has 0 fully saturated rings. The molecule has 3 rings (SSSR count). The summed E-state index contributed by atoms with van der Waals surface area (Å²) in [6.07, 6.45) is 1.46. The SMILES string of the molecule is CC(C(=O)NN=Cc1ccc(Cl)cc1Cl)n1nnc2ccccc21. The number of hydrazone groups is 1. The molecule has 0 aliphatic heterocycles. The van der Waals surface area contributed by atoms with Gasteiger partial charge in [0.2, 0.25) is 0 Å². The van der Waals surface area contributed by atoms with Crippen molar-refractivity contribution in [2.75, 3.05) is 0 Å². The first-order chi connectivity index (χ1) is 11.6. The number of hydrogen-bond donors (Lipinski definition) is 1. The van der Waals surface area contributed by atoms with E-state index in [1.54, 1.807) is 29.8 Å². The van der Waals surface area contributed by atoms with Gasteiger partial charge in [0.1, 0.15) is 11.6 Å². The second-order valence-electron chi connectivity index (χ2n) is 5.10. The molecule has 0 aliphatic carbocycles. The molecule has 6 nitrogen and oxygen atoms in total. The molecule has 0 bridgehead atoms. The number of rotatable bonds is 4. The maximum absolute atomic E-state index is 12.2. The van der Waals surface area contributed by atoms with Gasteiger partial charge >= 0.3 is 0 Å². The van der Waals surface area contributed by atoms with E-state index in [1.807, 2.05) is 24.3 Å². The van der Waals surface area contributed by atoms with Crippen LogP contribution in [-0.4, -0.2) is 27.1 Å². The van der Waals surface area contributed by atoms with Gasteiger partial charge in [0.15, 0.2) is 0 Å². The zero-order chi connectivity index (χ0) is 17.1. The van der Waals surface area contributed by atoms with Crippen molar-refractivity contribution in [3.8, 4) is 0 Å². The summed E-state index contributed by atoms with van der Waals surface area (Å²) in [5.41, 5.74) is 4.64. The minimum absolute atomic E-state index is 0.313. The van der Waals surface area contributed by atoms with E-state index in [0.717, 1.165) is 11.0 Å². The highest BCUT2D eigenvalue weighted by atomic mass is 35.5. The molecule has 0 aliphatic rings. The number of benzene rings is 2. The van der Waals surface area contributed by atoms with Gasteiger partial charge in [-0.15, -0.1) is 5.10 Å². The van der Waals surface area contributed by atoms with Gasteiger partial charge in [0.05, 0.1) is 16.8 Å². The molecule has 1 heterocycles. The molecule has 1 amide bonds. The van der Waals surface area contributed by atoms with Gasteiger partial charge in [-0.25, -0.2) is 10.1 Å². The van der Waals surface area contributed by atoms with Crippen LogP contribution in [0.2, 0.25) is 10.0 Å². The van der Waals surface area contributed by atoms with Crippen LogP contribution >= 0.6 is 23.2 Å². The van der Waals surface area contributed by atoms with Gasteiger partial charge in [-0.2, -0.15) is 5.10 Å². The highest BCUT2D eigenvalue weighted by Gasteiger charge is 2.18. The molecule has 2 aromatic carbocycles. The summed E-state index contributed by atoms with van der Waals surface area (Å²) < 4.78 is 1.55. The Hall–Kier alpha value is -2.44. The number of carbonyl (C=O) groups is 1. The summed E-state index contributed by atoms with van der Waals surface area (Å²) in [4.78, 5) is 12.2. The quantitative estimate of drug-likeness (QED) is 0.571. The molecule has 1 N–H and O–H groups in total. The van der Waals surface area contributed by atoms with Crippen LogP contribution in [0.1, 0.15) is 18.5 Å². The maximum atomic E-state index is 12.2. The number of carbonyl (C=O) groups excluding carboxylic acids is 1. The summed E-state index contributed by atoms with van der Waals surface area (Å²) in [7, 11) is 0. The van der Waals surface area contributed by atoms with Crippen LogP contribution in [0.4, 0.5) is 0 Å². The fourth-order valence-electron chi connectivity index (χ4n) is 2.15. The number of para-hydroxylation sites is 1. The monoisotopic (exact) mass is 361 g/mol. The number of amides is 1. The van der Waals surface area contributed by atoms with E-state index >= 15 is 0 Å². The Morgan fingerprint density at radius 3 is 2.88 bits per heavy atom. The van der Waals surface area contributed by atoms with Crippen LogP contribution in [0, 0.1) is 0 Å². The third-order valence-electron chi connectivity index (χ3n) is 3.46. The van der Waals surface area contributed by atoms with E-state index < -0.39 is 6.04 Å². The molecule has 122 valence electrons. The Balaban J connectivity index is 1.71. The third-order valence-corrected chi connectivity index (χ3v) is 4.03. The van der Waals surface area contributed by atoms with Crippen molar-refractivity contribution >= 4 is 46.4 Å². The third kappa shape index (κ3) is 3.39. The first-order valence-electron chi connectivity index (χ1n) is 7.14. The first kappa shape index (κ1) is 16.4. The lowest BCUT2D eigenvalue weighted by molar-refractivity contribution is -0.124. The smallest absolute Gasteiger partial charge is 0.264 e. The Morgan fingerprint density at radius 2 is 2.08 bits per heavy atom. The number of fused-ring (bicyclic) bond motifs is 1. The van der Waals surface area contributed by atoms with Gasteiger partial charge in [-0.1, -0.05) is 46.6 Å². The Kier molecular flexibility index (Phi) is 4.78. The van der Waals surface area contributed by atoms with Gasteiger partial charge < -0.3 is 0 Å². The molecular formula is C16H13Cl2N5O. The lowest BCUT2D eigenvalue weighted by atomic mass is 10.2. The van der Waals surface area contributed by atoms with E-state index in [2.05, 4.69) is 20.8 Å². The second-order valence-corrected chi connectivity index (χ2v) is 5.94. The van der Waals surface area contributed by atoms with Crippen LogP contribution in [0.15, 0.2) is 47.6 Å². The molecule has 3 aromatic rings. The predicted molar refractivity (Wildman–Crippen MR) is 94.4 cm³/mol. The average Bonchev–Trinajstić information content (AvgIpc) is 3.00. The van der Waals surface area contributed by atoms with Crippen LogP contribution in [0.3, 0.4) is 0 Å². The summed E-state index contributed by atoms with van der Waals surface area (Å²) in [6, 6.07) is 11.9. The molecule has 0 radical (unpaired) electrons. The van der Waals surface area contributed by atoms with Crippen molar-refractivity contribution in [2.45, 2.75) is 13.0 Å². The summed E-state index contributed by atoms with van der Waals surface area (Å²) in [6.45, 7) is 1.72. The molecule has 1 unspecified atom stereocenters. The van der Waals surface area contributed by atoms with Crippen LogP contribution in [-0.2, 0) is 4.79 Å². The number of halogens is 2. The largest absolute Gasteiger partial charge is 0.271 e. The van der Waals surface area contributed by atoms with Gasteiger partial charge in [-0.3, -0.25) is 4.79 Å². The van der Waals surface area contributed by atoms with Crippen molar-refractivity contribution in [1.29, 1.82) is 0 Å². The minimum Gasteiger partial charge on any atom is -0.271 e. The van der Waals surface area contributed by atoms with Crippen molar-refractivity contribution in [2.24, 2.45) is 5.10 Å². The van der Waals surface area contributed by atoms with Crippen LogP contribution in [0.25, 0.3) is 11.0 Å². The molecule has 24 heavy (non-hydrogen) atoms. The summed E-state index contributed by atoms with van der Waals surface area (Å²) in [5.74, 6) is -0.313. The summed E-state index contributed by atoms with van der Waals surface area (Å²) >= 11 is 11.9. The predicted octanol–water partition coefficient (Wildman–Crippen LogP) is 3.45. The van der Waals surface area contributed by atoms with E-state index in [-0.39, 0.29) is 5.91 Å². The van der Waals surface area contributed by atoms with Crippen LogP contribution < -0.4 is 5.43 Å². The van der Waals surface area contributed by atoms with Gasteiger partial charge in [-0.05, 0) is 31.2 Å². The van der Waals surface area contributed by atoms with E-state index in [9.17, 15) is 4.79 Å². The Bertz CT molecular complexity index is 922. The number of nitrogens with zero attached hydrogens (tertiary/aromatic N) is 4. The minimum atomic E-state index is -0.560. The fraction of sp³-hybridized carbons (Fsp3) is 0.125. The Labute approximate surface area is 148 Å². The van der Waals surface area contributed by atoms with Gasteiger partial charge in [0, 0.05) is 10.6 Å². The molecule has 1 aromatic heterocycles. The lowest BCUT2D eigenvalue weighted by Crippen LogP contribution is -2.28. The zero-order valence-corrected chi connectivity index (χ0v) is 14.2. The number of nitrogens with one attached hydrogen (secondary N) is 1. The topological polar surface area (TPSA) is 72.2 Å². The highest BCUT2D eigenvalue weighted by molar-refractivity contribution is 6.36. The van der Waals surface area contributed by atoms with E-state index in [0.29, 0.717) is 15.6 Å². The first-order valence-corrected chi connectivity index (χ1v) is 7.90. The Morgan fingerprint density at radius 1 is 1.29 bits per heavy atom. The van der Waals surface area contributed by atoms with Crippen molar-refractivity contribution in [1.82, 2.24) is 20.4 Å². The molecular weight excluding hydrogens is 349 g/mol. The van der Waals surface area contributed by atoms with Crippen molar-refractivity contribution < 1.29 is 4.79 Å². The number of aromatic nitrogens is 3. The molecule has 8 heteroatoms. The molecule has 1 atom stereocenters. The maximum Gasteiger partial charge on any atom is 0.264 e. The second kappa shape index (κ2) is 6.98. The normalized spacial score (nSPS) is 12.6. The van der Waals surface area contributed by atoms with E-state index in [1.165, 1.54) is 6.21 Å². The van der Waals surface area contributed by atoms with Crippen molar-refractivity contribution in [3.63, 3.8) is 0 Å².